The van der Waals surface area contributed by atoms with Gasteiger partial charge in [0, 0.05) is 0 Å². The highest BCUT2D eigenvalue weighted by Crippen LogP contribution is 2.21. The van der Waals surface area contributed by atoms with Crippen LogP contribution in [-0.4, -0.2) is 59.8 Å². The normalized spacial score (nSPS) is 17.6. The number of hydrogen-bond acceptors (Lipinski definition) is 6. The van der Waals surface area contributed by atoms with Crippen LogP contribution in [0, 0.1) is 0 Å². The molecule has 0 saturated carbocycles. The van der Waals surface area contributed by atoms with Crippen molar-refractivity contribution in [1.29, 1.82) is 0 Å². The van der Waals surface area contributed by atoms with E-state index < -0.39 is 30.4 Å². The number of aliphatic hydroxyl groups excluding tert-OH is 4. The number of aromatic amines is 1. The van der Waals surface area contributed by atoms with Crippen molar-refractivity contribution >= 4 is 17.0 Å². The molecule has 0 aliphatic rings. The van der Waals surface area contributed by atoms with Gasteiger partial charge in [-0.25, -0.2) is 9.78 Å². The maximum atomic E-state index is 10.5. The van der Waals surface area contributed by atoms with Crippen molar-refractivity contribution in [1.82, 2.24) is 9.97 Å². The molecule has 8 heteroatoms. The molecule has 0 aliphatic carbocycles. The molecule has 0 amide bonds. The standard InChI is InChI=1S/C12H14N2O6/c15-7(8(16)10(18)12(19)20)9(17)11-13-5-3-1-2-4-6(5)14-11/h1-4,7-10,15-18H,(H,13,14)(H,19,20). The maximum Gasteiger partial charge on any atom is 0.335 e. The van der Waals surface area contributed by atoms with Gasteiger partial charge in [0.25, 0.3) is 0 Å². The number of carbonyl (C=O) groups is 1. The fourth-order valence-electron chi connectivity index (χ4n) is 1.79. The second kappa shape index (κ2) is 5.55. The molecule has 0 saturated heterocycles. The van der Waals surface area contributed by atoms with Crippen LogP contribution in [0.3, 0.4) is 0 Å². The summed E-state index contributed by atoms with van der Waals surface area (Å²) in [7, 11) is 0. The number of hydrogen-bond donors (Lipinski definition) is 6. The lowest BCUT2D eigenvalue weighted by atomic mass is 10.0. The van der Waals surface area contributed by atoms with Gasteiger partial charge in [-0.15, -0.1) is 0 Å². The number of para-hydroxylation sites is 2. The van der Waals surface area contributed by atoms with Gasteiger partial charge in [-0.3, -0.25) is 0 Å². The van der Waals surface area contributed by atoms with Gasteiger partial charge in [0.15, 0.2) is 6.10 Å². The van der Waals surface area contributed by atoms with Crippen LogP contribution in [0.25, 0.3) is 11.0 Å². The Morgan fingerprint density at radius 2 is 1.75 bits per heavy atom. The Morgan fingerprint density at radius 3 is 2.35 bits per heavy atom. The van der Waals surface area contributed by atoms with Crippen LogP contribution in [-0.2, 0) is 4.79 Å². The van der Waals surface area contributed by atoms with Gasteiger partial charge in [-0.1, -0.05) is 12.1 Å². The van der Waals surface area contributed by atoms with Crippen molar-refractivity contribution in [2.75, 3.05) is 0 Å². The van der Waals surface area contributed by atoms with Crippen LogP contribution in [0.1, 0.15) is 11.9 Å². The molecule has 1 aromatic heterocycles. The minimum Gasteiger partial charge on any atom is -0.479 e. The van der Waals surface area contributed by atoms with Gasteiger partial charge in [0.2, 0.25) is 0 Å². The van der Waals surface area contributed by atoms with Crippen molar-refractivity contribution in [3.8, 4) is 0 Å². The number of nitrogens with one attached hydrogen (secondary N) is 1. The molecule has 0 radical (unpaired) electrons. The van der Waals surface area contributed by atoms with Crippen molar-refractivity contribution < 1.29 is 30.3 Å². The van der Waals surface area contributed by atoms with E-state index in [1.165, 1.54) is 0 Å². The SMILES string of the molecule is O=C(O)C(O)C(O)C(O)C(O)c1nc2ccccc2[nH]1. The fourth-order valence-corrected chi connectivity index (χ4v) is 1.79. The lowest BCUT2D eigenvalue weighted by molar-refractivity contribution is -0.163. The number of aromatic nitrogens is 2. The average molecular weight is 282 g/mol. The molecule has 2 aromatic rings. The number of aliphatic hydroxyl groups is 4. The zero-order valence-corrected chi connectivity index (χ0v) is 10.2. The lowest BCUT2D eigenvalue weighted by Gasteiger charge is -2.23. The summed E-state index contributed by atoms with van der Waals surface area (Å²) < 4.78 is 0. The molecule has 4 unspecified atom stereocenters. The predicted molar refractivity (Wildman–Crippen MR) is 66.7 cm³/mol. The van der Waals surface area contributed by atoms with E-state index in [1.807, 2.05) is 0 Å². The molecule has 8 nitrogen and oxygen atoms in total. The van der Waals surface area contributed by atoms with Gasteiger partial charge in [-0.05, 0) is 12.1 Å². The average Bonchev–Trinajstić information content (AvgIpc) is 2.87. The molecular formula is C12H14N2O6. The molecule has 1 heterocycles. The molecule has 108 valence electrons. The van der Waals surface area contributed by atoms with Crippen LogP contribution >= 0.6 is 0 Å². The monoisotopic (exact) mass is 282 g/mol. The van der Waals surface area contributed by atoms with Crippen molar-refractivity contribution in [2.45, 2.75) is 24.4 Å². The van der Waals surface area contributed by atoms with Gasteiger partial charge >= 0.3 is 5.97 Å². The third-order valence-corrected chi connectivity index (χ3v) is 2.94. The minimum atomic E-state index is -2.20. The molecule has 4 atom stereocenters. The topological polar surface area (TPSA) is 147 Å². The third kappa shape index (κ3) is 2.63. The molecule has 0 bridgehead atoms. The number of nitrogens with zero attached hydrogens (tertiary/aromatic N) is 1. The van der Waals surface area contributed by atoms with Gasteiger partial charge in [0.05, 0.1) is 11.0 Å². The Balaban J connectivity index is 2.21. The first kappa shape index (κ1) is 14.4. The summed E-state index contributed by atoms with van der Waals surface area (Å²) in [4.78, 5) is 17.3. The second-order valence-electron chi connectivity index (χ2n) is 4.35. The van der Waals surface area contributed by atoms with Crippen LogP contribution in [0.5, 0.6) is 0 Å². The minimum absolute atomic E-state index is 0.0321. The summed E-state index contributed by atoms with van der Waals surface area (Å²) in [5.41, 5.74) is 1.16. The van der Waals surface area contributed by atoms with Crippen LogP contribution in [0.15, 0.2) is 24.3 Å². The number of rotatable bonds is 5. The Hall–Kier alpha value is -2.00. The Labute approximate surface area is 112 Å². The molecule has 1 aromatic carbocycles. The number of carboxylic acids is 1. The van der Waals surface area contributed by atoms with E-state index in [0.717, 1.165) is 0 Å². The highest BCUT2D eigenvalue weighted by Gasteiger charge is 2.36. The smallest absolute Gasteiger partial charge is 0.335 e. The Kier molecular flexibility index (Phi) is 4.00. The van der Waals surface area contributed by atoms with E-state index in [0.29, 0.717) is 11.0 Å². The number of benzene rings is 1. The summed E-state index contributed by atoms with van der Waals surface area (Å²) in [5, 5.41) is 46.8. The van der Waals surface area contributed by atoms with Crippen molar-refractivity contribution in [3.63, 3.8) is 0 Å². The first-order valence-electron chi connectivity index (χ1n) is 5.81. The number of fused-ring (bicyclic) bond motifs is 1. The number of carboxylic acid groups (broad SMARTS) is 1. The molecule has 0 aliphatic heterocycles. The summed E-state index contributed by atoms with van der Waals surface area (Å²) in [6.07, 6.45) is -7.81. The summed E-state index contributed by atoms with van der Waals surface area (Å²) in [6, 6.07) is 6.86. The molecular weight excluding hydrogens is 268 g/mol. The zero-order chi connectivity index (χ0) is 14.9. The van der Waals surface area contributed by atoms with E-state index in [1.54, 1.807) is 24.3 Å². The van der Waals surface area contributed by atoms with Gasteiger partial charge in [-0.2, -0.15) is 0 Å². The summed E-state index contributed by atoms with van der Waals surface area (Å²) in [5.74, 6) is -1.73. The number of imidazole rings is 1. The third-order valence-electron chi connectivity index (χ3n) is 2.94. The second-order valence-corrected chi connectivity index (χ2v) is 4.35. The number of H-pyrrole nitrogens is 1. The maximum absolute atomic E-state index is 10.5. The Morgan fingerprint density at radius 1 is 1.10 bits per heavy atom. The highest BCUT2D eigenvalue weighted by molar-refractivity contribution is 5.75. The largest absolute Gasteiger partial charge is 0.479 e. The van der Waals surface area contributed by atoms with Crippen LogP contribution in [0.4, 0.5) is 0 Å². The predicted octanol–water partition coefficient (Wildman–Crippen LogP) is -1.24. The molecule has 20 heavy (non-hydrogen) atoms. The summed E-state index contributed by atoms with van der Waals surface area (Å²) in [6.45, 7) is 0. The van der Waals surface area contributed by atoms with Gasteiger partial charge < -0.3 is 30.5 Å². The molecule has 6 N–H and O–H groups in total. The first-order valence-corrected chi connectivity index (χ1v) is 5.81. The van der Waals surface area contributed by atoms with E-state index >= 15 is 0 Å². The highest BCUT2D eigenvalue weighted by atomic mass is 16.4. The molecule has 0 spiro atoms. The van der Waals surface area contributed by atoms with E-state index in [2.05, 4.69) is 9.97 Å². The first-order chi connectivity index (χ1) is 9.41. The molecule has 2 rings (SSSR count). The zero-order valence-electron chi connectivity index (χ0n) is 10.2. The quantitative estimate of drug-likeness (QED) is 0.402. The van der Waals surface area contributed by atoms with E-state index in [-0.39, 0.29) is 5.82 Å². The van der Waals surface area contributed by atoms with E-state index in [9.17, 15) is 20.1 Å². The van der Waals surface area contributed by atoms with Crippen molar-refractivity contribution in [2.24, 2.45) is 0 Å². The van der Waals surface area contributed by atoms with Crippen LogP contribution < -0.4 is 0 Å². The Bertz CT molecular complexity index is 580. The van der Waals surface area contributed by atoms with Crippen molar-refractivity contribution in [3.05, 3.63) is 30.1 Å². The molecule has 0 fully saturated rings. The number of aliphatic carboxylic acids is 1. The van der Waals surface area contributed by atoms with Crippen LogP contribution in [0.2, 0.25) is 0 Å². The van der Waals surface area contributed by atoms with Gasteiger partial charge in [0.1, 0.15) is 24.1 Å². The lowest BCUT2D eigenvalue weighted by Crippen LogP contribution is -2.45. The fraction of sp³-hybridized carbons (Fsp3) is 0.333. The summed E-state index contributed by atoms with van der Waals surface area (Å²) >= 11 is 0. The van der Waals surface area contributed by atoms with E-state index in [4.69, 9.17) is 10.2 Å².